The summed E-state index contributed by atoms with van der Waals surface area (Å²) in [5.41, 5.74) is 0.873. The quantitative estimate of drug-likeness (QED) is 0.806. The van der Waals surface area contributed by atoms with E-state index in [0.29, 0.717) is 16.6 Å². The van der Waals surface area contributed by atoms with Gasteiger partial charge in [0.1, 0.15) is 0 Å². The fourth-order valence-electron chi connectivity index (χ4n) is 3.18. The lowest BCUT2D eigenvalue weighted by Gasteiger charge is -2.21. The lowest BCUT2D eigenvalue weighted by Crippen LogP contribution is -2.28. The van der Waals surface area contributed by atoms with Crippen molar-refractivity contribution in [2.75, 3.05) is 0 Å². The van der Waals surface area contributed by atoms with Gasteiger partial charge in [0.2, 0.25) is 0 Å². The Balaban J connectivity index is 2.25. The van der Waals surface area contributed by atoms with Crippen LogP contribution in [-0.2, 0) is 0 Å². The smallest absolute Gasteiger partial charge is 0.262 e. The van der Waals surface area contributed by atoms with Gasteiger partial charge in [-0.2, -0.15) is 0 Å². The average molecular weight is 274 g/mol. The topological polar surface area (TPSA) is 37.8 Å². The van der Waals surface area contributed by atoms with Gasteiger partial charge in [0.05, 0.1) is 10.9 Å². The molecule has 3 nitrogen and oxygen atoms in total. The third kappa shape index (κ3) is 1.94. The van der Waals surface area contributed by atoms with E-state index in [1.54, 1.807) is 4.57 Å². The van der Waals surface area contributed by atoms with Gasteiger partial charge in [0.15, 0.2) is 4.77 Å². The lowest BCUT2D eigenvalue weighted by atomic mass is 9.97. The van der Waals surface area contributed by atoms with Gasteiger partial charge in [0, 0.05) is 6.04 Å². The van der Waals surface area contributed by atoms with E-state index in [9.17, 15) is 4.79 Å². The Morgan fingerprint density at radius 2 is 2.00 bits per heavy atom. The normalized spacial score (nSPS) is 26.9. The van der Waals surface area contributed by atoms with Crippen molar-refractivity contribution >= 4 is 23.1 Å². The van der Waals surface area contributed by atoms with Crippen LogP contribution in [0.1, 0.15) is 32.7 Å². The number of rotatable bonds is 1. The molecule has 100 valence electrons. The first-order chi connectivity index (χ1) is 9.09. The van der Waals surface area contributed by atoms with Gasteiger partial charge < -0.3 is 4.98 Å². The van der Waals surface area contributed by atoms with Crippen LogP contribution in [0.2, 0.25) is 0 Å². The lowest BCUT2D eigenvalue weighted by molar-refractivity contribution is 0.343. The fourth-order valence-corrected chi connectivity index (χ4v) is 3.51. The van der Waals surface area contributed by atoms with Crippen LogP contribution in [-0.4, -0.2) is 9.55 Å². The zero-order chi connectivity index (χ0) is 13.6. The summed E-state index contributed by atoms with van der Waals surface area (Å²) in [7, 11) is 0. The summed E-state index contributed by atoms with van der Waals surface area (Å²) in [6, 6.07) is 7.81. The highest BCUT2D eigenvalue weighted by Crippen LogP contribution is 2.39. The monoisotopic (exact) mass is 274 g/mol. The SMILES string of the molecule is CC1CCC(n2c(=S)[nH]c3ccccc3c2=O)C1C. The van der Waals surface area contributed by atoms with Gasteiger partial charge in [-0.25, -0.2) is 0 Å². The Bertz CT molecular complexity index is 731. The van der Waals surface area contributed by atoms with Crippen LogP contribution in [0.25, 0.3) is 10.9 Å². The molecule has 4 heteroatoms. The summed E-state index contributed by atoms with van der Waals surface area (Å²) in [6.45, 7) is 4.47. The van der Waals surface area contributed by atoms with Crippen LogP contribution in [0, 0.1) is 16.6 Å². The van der Waals surface area contributed by atoms with Crippen molar-refractivity contribution in [1.82, 2.24) is 9.55 Å². The molecule has 3 atom stereocenters. The number of benzene rings is 1. The fraction of sp³-hybridized carbons (Fsp3) is 0.467. The summed E-state index contributed by atoms with van der Waals surface area (Å²) in [6.07, 6.45) is 2.21. The molecule has 1 aromatic heterocycles. The first kappa shape index (κ1) is 12.6. The van der Waals surface area contributed by atoms with E-state index in [2.05, 4.69) is 18.8 Å². The van der Waals surface area contributed by atoms with Crippen LogP contribution < -0.4 is 5.56 Å². The minimum absolute atomic E-state index is 0.0466. The first-order valence-electron chi connectivity index (χ1n) is 6.83. The van der Waals surface area contributed by atoms with E-state index >= 15 is 0 Å². The Labute approximate surface area is 117 Å². The Hall–Kier alpha value is -1.42. The number of nitrogens with one attached hydrogen (secondary N) is 1. The molecule has 0 saturated heterocycles. The van der Waals surface area contributed by atoms with Crippen LogP contribution in [0.5, 0.6) is 0 Å². The maximum absolute atomic E-state index is 12.7. The summed E-state index contributed by atoms with van der Waals surface area (Å²) in [5.74, 6) is 1.15. The zero-order valence-electron chi connectivity index (χ0n) is 11.2. The van der Waals surface area contributed by atoms with Gasteiger partial charge in [0.25, 0.3) is 5.56 Å². The molecule has 0 aliphatic heterocycles. The predicted molar refractivity (Wildman–Crippen MR) is 80.0 cm³/mol. The molecule has 1 aliphatic carbocycles. The van der Waals surface area contributed by atoms with Crippen molar-refractivity contribution in [3.63, 3.8) is 0 Å². The molecule has 1 aromatic carbocycles. The molecular formula is C15H18N2OS. The number of H-pyrrole nitrogens is 1. The van der Waals surface area contributed by atoms with Crippen molar-refractivity contribution in [2.24, 2.45) is 11.8 Å². The van der Waals surface area contributed by atoms with Gasteiger partial charge >= 0.3 is 0 Å². The van der Waals surface area contributed by atoms with E-state index < -0.39 is 0 Å². The van der Waals surface area contributed by atoms with Gasteiger partial charge in [-0.1, -0.05) is 26.0 Å². The van der Waals surface area contributed by atoms with E-state index in [4.69, 9.17) is 12.2 Å². The van der Waals surface area contributed by atoms with Gasteiger partial charge in [-0.05, 0) is 49.0 Å². The van der Waals surface area contributed by atoms with Crippen LogP contribution in [0.4, 0.5) is 0 Å². The van der Waals surface area contributed by atoms with Crippen LogP contribution in [0.3, 0.4) is 0 Å². The molecule has 0 radical (unpaired) electrons. The number of aromatic nitrogens is 2. The largest absolute Gasteiger partial charge is 0.332 e. The Kier molecular flexibility index (Phi) is 3.05. The van der Waals surface area contributed by atoms with Crippen molar-refractivity contribution in [2.45, 2.75) is 32.7 Å². The molecule has 1 saturated carbocycles. The summed E-state index contributed by atoms with van der Waals surface area (Å²) in [4.78, 5) is 15.9. The number of hydrogen-bond donors (Lipinski definition) is 1. The number of nitrogens with zero attached hydrogens (tertiary/aromatic N) is 1. The van der Waals surface area contributed by atoms with Crippen molar-refractivity contribution in [1.29, 1.82) is 0 Å². The molecule has 3 rings (SSSR count). The predicted octanol–water partition coefficient (Wildman–Crippen LogP) is 3.67. The maximum atomic E-state index is 12.7. The van der Waals surface area contributed by atoms with Crippen LogP contribution >= 0.6 is 12.2 Å². The number of hydrogen-bond acceptors (Lipinski definition) is 2. The second kappa shape index (κ2) is 4.60. The Morgan fingerprint density at radius 1 is 1.26 bits per heavy atom. The minimum Gasteiger partial charge on any atom is -0.332 e. The van der Waals surface area contributed by atoms with E-state index in [1.807, 2.05) is 24.3 Å². The molecule has 3 unspecified atom stereocenters. The molecule has 0 bridgehead atoms. The molecule has 19 heavy (non-hydrogen) atoms. The summed E-state index contributed by atoms with van der Waals surface area (Å²) in [5, 5.41) is 0.725. The van der Waals surface area contributed by atoms with Crippen molar-refractivity contribution in [3.05, 3.63) is 39.4 Å². The second-order valence-electron chi connectivity index (χ2n) is 5.63. The summed E-state index contributed by atoms with van der Waals surface area (Å²) < 4.78 is 2.35. The van der Waals surface area contributed by atoms with E-state index in [0.717, 1.165) is 17.3 Å². The van der Waals surface area contributed by atoms with Crippen molar-refractivity contribution < 1.29 is 0 Å². The highest BCUT2D eigenvalue weighted by molar-refractivity contribution is 7.71. The van der Waals surface area contributed by atoms with Crippen LogP contribution in [0.15, 0.2) is 29.1 Å². The number of para-hydroxylation sites is 1. The molecular weight excluding hydrogens is 256 g/mol. The third-order valence-electron chi connectivity index (χ3n) is 4.59. The molecule has 1 heterocycles. The number of fused-ring (bicyclic) bond motifs is 1. The highest BCUT2D eigenvalue weighted by atomic mass is 32.1. The van der Waals surface area contributed by atoms with E-state index in [1.165, 1.54) is 6.42 Å². The average Bonchev–Trinajstić information content (AvgIpc) is 2.71. The molecule has 1 aliphatic rings. The van der Waals surface area contributed by atoms with Gasteiger partial charge in [-0.15, -0.1) is 0 Å². The number of aromatic amines is 1. The van der Waals surface area contributed by atoms with E-state index in [-0.39, 0.29) is 11.6 Å². The summed E-state index contributed by atoms with van der Waals surface area (Å²) >= 11 is 5.40. The molecule has 1 fully saturated rings. The zero-order valence-corrected chi connectivity index (χ0v) is 12.0. The minimum atomic E-state index is 0.0466. The standard InChI is InChI=1S/C15H18N2OS/c1-9-7-8-13(10(9)2)17-14(18)11-5-3-4-6-12(11)16-15(17)19/h3-6,9-10,13H,7-8H2,1-2H3,(H,16,19). The third-order valence-corrected chi connectivity index (χ3v) is 4.89. The molecule has 2 aromatic rings. The molecule has 1 N–H and O–H groups in total. The molecule has 0 amide bonds. The molecule has 0 spiro atoms. The highest BCUT2D eigenvalue weighted by Gasteiger charge is 2.32. The first-order valence-corrected chi connectivity index (χ1v) is 7.24. The van der Waals surface area contributed by atoms with Gasteiger partial charge in [-0.3, -0.25) is 9.36 Å². The Morgan fingerprint density at radius 3 is 2.68 bits per heavy atom. The van der Waals surface area contributed by atoms with Crippen molar-refractivity contribution in [3.8, 4) is 0 Å². The maximum Gasteiger partial charge on any atom is 0.262 e. The second-order valence-corrected chi connectivity index (χ2v) is 6.02.